The van der Waals surface area contributed by atoms with E-state index in [1.54, 1.807) is 13.0 Å². The third-order valence-corrected chi connectivity index (χ3v) is 2.60. The normalized spacial score (nSPS) is 10.2. The maximum atomic E-state index is 13.0. The molecule has 1 rings (SSSR count). The molecule has 2 nitrogen and oxygen atoms in total. The molecular weight excluding hydrogens is 239 g/mol. The van der Waals surface area contributed by atoms with Gasteiger partial charge < -0.3 is 9.47 Å². The van der Waals surface area contributed by atoms with Crippen LogP contribution >= 0.6 is 15.9 Å². The summed E-state index contributed by atoms with van der Waals surface area (Å²) < 4.78 is 23.5. The van der Waals surface area contributed by atoms with E-state index in [-0.39, 0.29) is 12.6 Å². The van der Waals surface area contributed by atoms with E-state index in [0.717, 1.165) is 0 Å². The Kier molecular flexibility index (Phi) is 3.69. The van der Waals surface area contributed by atoms with Crippen molar-refractivity contribution in [1.29, 1.82) is 0 Å². The van der Waals surface area contributed by atoms with Gasteiger partial charge >= 0.3 is 0 Å². The molecule has 0 aliphatic carbocycles. The van der Waals surface area contributed by atoms with Gasteiger partial charge in [-0.05, 0) is 35.0 Å². The summed E-state index contributed by atoms with van der Waals surface area (Å²) in [5.74, 6) is 0.331. The van der Waals surface area contributed by atoms with Gasteiger partial charge in [0.15, 0.2) is 6.79 Å². The highest BCUT2D eigenvalue weighted by molar-refractivity contribution is 9.10. The Balaban J connectivity index is 2.90. The molecule has 0 bridgehead atoms. The molecule has 0 unspecified atom stereocenters. The van der Waals surface area contributed by atoms with Crippen molar-refractivity contribution in [2.75, 3.05) is 13.9 Å². The van der Waals surface area contributed by atoms with Crippen molar-refractivity contribution in [3.63, 3.8) is 0 Å². The molecule has 0 spiro atoms. The largest absolute Gasteiger partial charge is 0.466 e. The number of hydrogen-bond donors (Lipinski definition) is 0. The van der Waals surface area contributed by atoms with Crippen molar-refractivity contribution in [2.24, 2.45) is 0 Å². The molecule has 0 saturated heterocycles. The van der Waals surface area contributed by atoms with Crippen LogP contribution in [0.3, 0.4) is 0 Å². The van der Waals surface area contributed by atoms with Gasteiger partial charge in [0, 0.05) is 12.7 Å². The van der Waals surface area contributed by atoms with Crippen molar-refractivity contribution in [1.82, 2.24) is 0 Å². The van der Waals surface area contributed by atoms with E-state index in [1.807, 2.05) is 0 Å². The Labute approximate surface area is 84.8 Å². The molecule has 0 saturated carbocycles. The highest BCUT2D eigenvalue weighted by Gasteiger charge is 2.07. The van der Waals surface area contributed by atoms with Gasteiger partial charge in [0.2, 0.25) is 0 Å². The Hall–Kier alpha value is -0.610. The third kappa shape index (κ3) is 2.42. The SMILES string of the molecule is COCOc1ccc(F)c(C)c1Br. The lowest BCUT2D eigenvalue weighted by atomic mass is 10.2. The average Bonchev–Trinajstić information content (AvgIpc) is 2.13. The summed E-state index contributed by atoms with van der Waals surface area (Å²) >= 11 is 3.24. The smallest absolute Gasteiger partial charge is 0.188 e. The van der Waals surface area contributed by atoms with Crippen LogP contribution in [-0.4, -0.2) is 13.9 Å². The average molecular weight is 249 g/mol. The van der Waals surface area contributed by atoms with Gasteiger partial charge in [-0.2, -0.15) is 0 Å². The summed E-state index contributed by atoms with van der Waals surface area (Å²) in [7, 11) is 1.53. The zero-order valence-corrected chi connectivity index (χ0v) is 9.02. The molecule has 1 aromatic rings. The van der Waals surface area contributed by atoms with Gasteiger partial charge in [0.25, 0.3) is 0 Å². The summed E-state index contributed by atoms with van der Waals surface area (Å²) in [5, 5.41) is 0. The van der Waals surface area contributed by atoms with Crippen LogP contribution in [0.25, 0.3) is 0 Å². The molecule has 13 heavy (non-hydrogen) atoms. The molecule has 1 aromatic carbocycles. The van der Waals surface area contributed by atoms with E-state index in [1.165, 1.54) is 13.2 Å². The Bertz CT molecular complexity index is 302. The molecule has 72 valence electrons. The lowest BCUT2D eigenvalue weighted by molar-refractivity contribution is 0.0505. The predicted octanol–water partition coefficient (Wildman–Crippen LogP) is 2.88. The minimum absolute atomic E-state index is 0.156. The number of hydrogen-bond acceptors (Lipinski definition) is 2. The van der Waals surface area contributed by atoms with Crippen molar-refractivity contribution >= 4 is 15.9 Å². The van der Waals surface area contributed by atoms with Crippen LogP contribution in [-0.2, 0) is 4.74 Å². The molecule has 0 fully saturated rings. The van der Waals surface area contributed by atoms with Crippen molar-refractivity contribution in [2.45, 2.75) is 6.92 Å². The van der Waals surface area contributed by atoms with Gasteiger partial charge in [-0.3, -0.25) is 0 Å². The van der Waals surface area contributed by atoms with E-state index in [2.05, 4.69) is 15.9 Å². The van der Waals surface area contributed by atoms with Gasteiger partial charge in [0.1, 0.15) is 11.6 Å². The van der Waals surface area contributed by atoms with E-state index < -0.39 is 0 Å². The first kappa shape index (κ1) is 10.5. The lowest BCUT2D eigenvalue weighted by Crippen LogP contribution is -2.00. The number of halogens is 2. The van der Waals surface area contributed by atoms with E-state index >= 15 is 0 Å². The second-order valence-electron chi connectivity index (χ2n) is 2.54. The highest BCUT2D eigenvalue weighted by atomic mass is 79.9. The fourth-order valence-electron chi connectivity index (χ4n) is 0.871. The Morgan fingerprint density at radius 3 is 2.77 bits per heavy atom. The second kappa shape index (κ2) is 4.58. The predicted molar refractivity (Wildman–Crippen MR) is 51.3 cm³/mol. The van der Waals surface area contributed by atoms with Crippen LogP contribution in [0.2, 0.25) is 0 Å². The zero-order valence-electron chi connectivity index (χ0n) is 7.43. The topological polar surface area (TPSA) is 18.5 Å². The molecule has 0 aromatic heterocycles. The molecule has 0 atom stereocenters. The fraction of sp³-hybridized carbons (Fsp3) is 0.333. The Morgan fingerprint density at radius 1 is 1.46 bits per heavy atom. The van der Waals surface area contributed by atoms with Crippen molar-refractivity contribution in [3.8, 4) is 5.75 Å². The quantitative estimate of drug-likeness (QED) is 0.767. The highest BCUT2D eigenvalue weighted by Crippen LogP contribution is 2.29. The first-order chi connectivity index (χ1) is 6.16. The number of benzene rings is 1. The number of methoxy groups -OCH3 is 1. The van der Waals surface area contributed by atoms with Gasteiger partial charge in [-0.25, -0.2) is 4.39 Å². The number of rotatable bonds is 3. The standard InChI is InChI=1S/C9H10BrFO2/c1-6-7(11)3-4-8(9(6)10)13-5-12-2/h3-4H,5H2,1-2H3. The van der Waals surface area contributed by atoms with Crippen LogP contribution < -0.4 is 4.74 Å². The van der Waals surface area contributed by atoms with Crippen molar-refractivity contribution < 1.29 is 13.9 Å². The molecule has 0 radical (unpaired) electrons. The lowest BCUT2D eigenvalue weighted by Gasteiger charge is -2.08. The molecular formula is C9H10BrFO2. The van der Waals surface area contributed by atoms with Crippen LogP contribution in [0.15, 0.2) is 16.6 Å². The molecule has 0 aliphatic heterocycles. The van der Waals surface area contributed by atoms with Crippen LogP contribution in [0, 0.1) is 12.7 Å². The molecule has 0 amide bonds. The summed E-state index contributed by atoms with van der Waals surface area (Å²) in [6.45, 7) is 1.84. The maximum Gasteiger partial charge on any atom is 0.188 e. The molecule has 0 N–H and O–H groups in total. The molecule has 0 heterocycles. The summed E-state index contributed by atoms with van der Waals surface area (Å²) in [4.78, 5) is 0. The summed E-state index contributed by atoms with van der Waals surface area (Å²) in [5.41, 5.74) is 0.536. The van der Waals surface area contributed by atoms with Gasteiger partial charge in [0.05, 0.1) is 4.47 Å². The third-order valence-electron chi connectivity index (χ3n) is 1.62. The summed E-state index contributed by atoms with van der Waals surface area (Å²) in [6, 6.07) is 2.93. The minimum atomic E-state index is -0.253. The van der Waals surface area contributed by atoms with Crippen LogP contribution in [0.5, 0.6) is 5.75 Å². The Morgan fingerprint density at radius 2 is 2.15 bits per heavy atom. The minimum Gasteiger partial charge on any atom is -0.466 e. The van der Waals surface area contributed by atoms with Crippen molar-refractivity contribution in [3.05, 3.63) is 28.0 Å². The van der Waals surface area contributed by atoms with Crippen LogP contribution in [0.4, 0.5) is 4.39 Å². The van der Waals surface area contributed by atoms with Crippen LogP contribution in [0.1, 0.15) is 5.56 Å². The fourth-order valence-corrected chi connectivity index (χ4v) is 1.31. The maximum absolute atomic E-state index is 13.0. The first-order valence-electron chi connectivity index (χ1n) is 3.73. The monoisotopic (exact) mass is 248 g/mol. The first-order valence-corrected chi connectivity index (χ1v) is 4.52. The van der Waals surface area contributed by atoms with Gasteiger partial charge in [-0.15, -0.1) is 0 Å². The number of ether oxygens (including phenoxy) is 2. The molecule has 0 aliphatic rings. The van der Waals surface area contributed by atoms with E-state index in [4.69, 9.17) is 9.47 Å². The second-order valence-corrected chi connectivity index (χ2v) is 3.33. The summed E-state index contributed by atoms with van der Waals surface area (Å²) in [6.07, 6.45) is 0. The van der Waals surface area contributed by atoms with E-state index in [0.29, 0.717) is 15.8 Å². The van der Waals surface area contributed by atoms with Gasteiger partial charge in [-0.1, -0.05) is 0 Å². The molecule has 4 heteroatoms. The van der Waals surface area contributed by atoms with E-state index in [9.17, 15) is 4.39 Å². The zero-order chi connectivity index (χ0) is 9.84.